The maximum Gasteiger partial charge on any atom is 0.339 e. The molecular formula is C16H14FN3O5. The number of H-pyrrole nitrogens is 1. The van der Waals surface area contributed by atoms with Crippen molar-refractivity contribution in [2.75, 3.05) is 19.7 Å². The summed E-state index contributed by atoms with van der Waals surface area (Å²) in [5, 5.41) is 2.63. The SMILES string of the molecule is Cc1cc(F)c2[nH]c(=O)cc(C(=O)OCC(=O)N3CCNC3=O)c2c1. The van der Waals surface area contributed by atoms with Crippen molar-refractivity contribution in [3.63, 3.8) is 0 Å². The number of nitrogens with zero attached hydrogens (tertiary/aromatic N) is 1. The van der Waals surface area contributed by atoms with E-state index < -0.39 is 35.9 Å². The van der Waals surface area contributed by atoms with Crippen LogP contribution in [0.25, 0.3) is 10.9 Å². The molecule has 9 heteroatoms. The first-order valence-electron chi connectivity index (χ1n) is 7.45. The van der Waals surface area contributed by atoms with Crippen LogP contribution >= 0.6 is 0 Å². The highest BCUT2D eigenvalue weighted by molar-refractivity contribution is 6.04. The number of esters is 1. The highest BCUT2D eigenvalue weighted by atomic mass is 19.1. The van der Waals surface area contributed by atoms with Crippen LogP contribution in [0.5, 0.6) is 0 Å². The smallest absolute Gasteiger partial charge is 0.339 e. The molecule has 3 amide bonds. The number of carbonyl (C=O) groups is 3. The summed E-state index contributed by atoms with van der Waals surface area (Å²) in [6, 6.07) is 3.18. The predicted molar refractivity (Wildman–Crippen MR) is 84.7 cm³/mol. The zero-order valence-corrected chi connectivity index (χ0v) is 13.2. The number of fused-ring (bicyclic) bond motifs is 1. The number of amides is 3. The van der Waals surface area contributed by atoms with Gasteiger partial charge in [0.25, 0.3) is 5.91 Å². The van der Waals surface area contributed by atoms with E-state index in [1.54, 1.807) is 6.92 Å². The van der Waals surface area contributed by atoms with Crippen molar-refractivity contribution in [1.29, 1.82) is 0 Å². The van der Waals surface area contributed by atoms with Crippen LogP contribution in [0.15, 0.2) is 23.0 Å². The number of carbonyl (C=O) groups excluding carboxylic acids is 3. The number of ether oxygens (including phenoxy) is 1. The first-order chi connectivity index (χ1) is 11.9. The van der Waals surface area contributed by atoms with E-state index in [4.69, 9.17) is 4.74 Å². The van der Waals surface area contributed by atoms with Gasteiger partial charge in [0.15, 0.2) is 6.61 Å². The summed E-state index contributed by atoms with van der Waals surface area (Å²) >= 11 is 0. The number of aromatic amines is 1. The van der Waals surface area contributed by atoms with E-state index in [1.165, 1.54) is 12.1 Å². The average molecular weight is 347 g/mol. The number of hydrogen-bond acceptors (Lipinski definition) is 5. The van der Waals surface area contributed by atoms with E-state index in [2.05, 4.69) is 10.3 Å². The highest BCUT2D eigenvalue weighted by Crippen LogP contribution is 2.21. The lowest BCUT2D eigenvalue weighted by Gasteiger charge is -2.13. The van der Waals surface area contributed by atoms with E-state index >= 15 is 0 Å². The van der Waals surface area contributed by atoms with E-state index in [0.717, 1.165) is 11.0 Å². The number of rotatable bonds is 3. The van der Waals surface area contributed by atoms with E-state index in [1.807, 2.05) is 0 Å². The fraction of sp³-hybridized carbons (Fsp3) is 0.250. The third kappa shape index (κ3) is 3.21. The Labute approximate surface area is 140 Å². The van der Waals surface area contributed by atoms with Gasteiger partial charge >= 0.3 is 12.0 Å². The lowest BCUT2D eigenvalue weighted by Crippen LogP contribution is -2.37. The van der Waals surface area contributed by atoms with Gasteiger partial charge in [0.1, 0.15) is 5.82 Å². The van der Waals surface area contributed by atoms with Crippen molar-refractivity contribution >= 4 is 28.8 Å². The molecule has 1 aromatic heterocycles. The number of aryl methyl sites for hydroxylation is 1. The highest BCUT2D eigenvalue weighted by Gasteiger charge is 2.27. The third-order valence-electron chi connectivity index (χ3n) is 3.75. The summed E-state index contributed by atoms with van der Waals surface area (Å²) in [5.41, 5.74) is -0.390. The Kier molecular flexibility index (Phi) is 4.22. The first-order valence-corrected chi connectivity index (χ1v) is 7.45. The van der Waals surface area contributed by atoms with Crippen molar-refractivity contribution < 1.29 is 23.5 Å². The normalized spacial score (nSPS) is 13.8. The second-order valence-electron chi connectivity index (χ2n) is 5.57. The molecule has 1 aliphatic heterocycles. The van der Waals surface area contributed by atoms with Gasteiger partial charge in [-0.05, 0) is 24.6 Å². The van der Waals surface area contributed by atoms with E-state index in [0.29, 0.717) is 12.1 Å². The van der Waals surface area contributed by atoms with Crippen LogP contribution in [0.3, 0.4) is 0 Å². The third-order valence-corrected chi connectivity index (χ3v) is 3.75. The summed E-state index contributed by atoms with van der Waals surface area (Å²) in [7, 11) is 0. The number of imide groups is 1. The van der Waals surface area contributed by atoms with Gasteiger partial charge in [-0.2, -0.15) is 0 Å². The molecule has 1 saturated heterocycles. The second kappa shape index (κ2) is 6.34. The zero-order valence-electron chi connectivity index (χ0n) is 13.2. The number of aromatic nitrogens is 1. The van der Waals surface area contributed by atoms with Crippen LogP contribution in [0.4, 0.5) is 9.18 Å². The Hall–Kier alpha value is -3.23. The molecule has 3 rings (SSSR count). The van der Waals surface area contributed by atoms with Crippen LogP contribution in [-0.4, -0.2) is 47.5 Å². The first kappa shape index (κ1) is 16.6. The van der Waals surface area contributed by atoms with Crippen LogP contribution in [0.2, 0.25) is 0 Å². The minimum absolute atomic E-state index is 0.115. The molecule has 0 spiro atoms. The van der Waals surface area contributed by atoms with Crippen molar-refractivity contribution in [1.82, 2.24) is 15.2 Å². The Morgan fingerprint density at radius 3 is 2.72 bits per heavy atom. The molecule has 0 radical (unpaired) electrons. The second-order valence-corrected chi connectivity index (χ2v) is 5.57. The molecule has 130 valence electrons. The minimum atomic E-state index is -0.950. The molecule has 2 heterocycles. The van der Waals surface area contributed by atoms with Crippen molar-refractivity contribution in [2.24, 2.45) is 0 Å². The summed E-state index contributed by atoms with van der Waals surface area (Å²) in [6.45, 7) is 1.50. The van der Waals surface area contributed by atoms with Crippen molar-refractivity contribution in [3.05, 3.63) is 45.5 Å². The lowest BCUT2D eigenvalue weighted by atomic mass is 10.1. The number of urea groups is 1. The predicted octanol–water partition coefficient (Wildman–Crippen LogP) is 0.684. The van der Waals surface area contributed by atoms with Gasteiger partial charge in [0.05, 0.1) is 11.1 Å². The molecule has 25 heavy (non-hydrogen) atoms. The maximum absolute atomic E-state index is 14.0. The van der Waals surface area contributed by atoms with Crippen LogP contribution in [0.1, 0.15) is 15.9 Å². The van der Waals surface area contributed by atoms with Crippen molar-refractivity contribution in [3.8, 4) is 0 Å². The quantitative estimate of drug-likeness (QED) is 0.794. The number of pyridine rings is 1. The number of nitrogens with one attached hydrogen (secondary N) is 2. The summed E-state index contributed by atoms with van der Waals surface area (Å²) in [4.78, 5) is 50.5. The molecule has 8 nitrogen and oxygen atoms in total. The molecule has 1 aromatic carbocycles. The molecule has 0 saturated carbocycles. The standard InChI is InChI=1S/C16H14FN3O5/c1-8-4-9-10(6-12(21)19-14(9)11(17)5-8)15(23)25-7-13(22)20-3-2-18-16(20)24/h4-6H,2-3,7H2,1H3,(H,18,24)(H,19,21). The topological polar surface area (TPSA) is 109 Å². The molecular weight excluding hydrogens is 333 g/mol. The van der Waals surface area contributed by atoms with Gasteiger partial charge in [0, 0.05) is 24.5 Å². The zero-order chi connectivity index (χ0) is 18.1. The van der Waals surface area contributed by atoms with Gasteiger partial charge in [0.2, 0.25) is 5.56 Å². The van der Waals surface area contributed by atoms with Crippen LogP contribution in [0, 0.1) is 12.7 Å². The summed E-state index contributed by atoms with van der Waals surface area (Å²) < 4.78 is 18.9. The van der Waals surface area contributed by atoms with Crippen LogP contribution in [-0.2, 0) is 9.53 Å². The maximum atomic E-state index is 14.0. The van der Waals surface area contributed by atoms with Gasteiger partial charge in [-0.25, -0.2) is 14.0 Å². The molecule has 2 aromatic rings. The molecule has 0 aliphatic carbocycles. The van der Waals surface area contributed by atoms with Gasteiger partial charge in [-0.3, -0.25) is 14.5 Å². The molecule has 0 unspecified atom stereocenters. The number of benzene rings is 1. The Morgan fingerprint density at radius 1 is 1.28 bits per heavy atom. The van der Waals surface area contributed by atoms with E-state index in [-0.39, 0.29) is 23.0 Å². The summed E-state index contributed by atoms with van der Waals surface area (Å²) in [6.07, 6.45) is 0. The largest absolute Gasteiger partial charge is 0.452 e. The molecule has 1 aliphatic rings. The number of hydrogen-bond donors (Lipinski definition) is 2. The molecule has 0 bridgehead atoms. The fourth-order valence-electron chi connectivity index (χ4n) is 2.61. The van der Waals surface area contributed by atoms with Gasteiger partial charge in [-0.1, -0.05) is 0 Å². The molecule has 2 N–H and O–H groups in total. The number of halogens is 1. The Morgan fingerprint density at radius 2 is 2.04 bits per heavy atom. The molecule has 0 atom stereocenters. The molecule has 1 fully saturated rings. The Balaban J connectivity index is 1.86. The Bertz CT molecular complexity index is 953. The van der Waals surface area contributed by atoms with Crippen LogP contribution < -0.4 is 10.9 Å². The van der Waals surface area contributed by atoms with E-state index in [9.17, 15) is 23.6 Å². The lowest BCUT2D eigenvalue weighted by molar-refractivity contribution is -0.130. The van der Waals surface area contributed by atoms with Crippen molar-refractivity contribution in [2.45, 2.75) is 6.92 Å². The average Bonchev–Trinajstić information content (AvgIpc) is 2.98. The van der Waals surface area contributed by atoms with Gasteiger partial charge < -0.3 is 15.0 Å². The fourth-order valence-corrected chi connectivity index (χ4v) is 2.61. The van der Waals surface area contributed by atoms with Gasteiger partial charge in [-0.15, -0.1) is 0 Å². The summed E-state index contributed by atoms with van der Waals surface area (Å²) in [5.74, 6) is -2.31. The monoisotopic (exact) mass is 347 g/mol. The minimum Gasteiger partial charge on any atom is -0.452 e.